The molecule has 0 spiro atoms. The summed E-state index contributed by atoms with van der Waals surface area (Å²) in [4.78, 5) is 15.2. The highest BCUT2D eigenvalue weighted by Gasteiger charge is 2.57. The Bertz CT molecular complexity index is 826. The van der Waals surface area contributed by atoms with E-state index in [9.17, 15) is 18.0 Å². The first-order chi connectivity index (χ1) is 11.8. The number of hydrogen-bond donors (Lipinski definition) is 0. The van der Waals surface area contributed by atoms with Crippen molar-refractivity contribution in [2.45, 2.75) is 44.8 Å². The zero-order chi connectivity index (χ0) is 17.9. The topological polar surface area (TPSA) is 47.8 Å². The van der Waals surface area contributed by atoms with Gasteiger partial charge >= 0.3 is 6.18 Å². The third kappa shape index (κ3) is 2.75. The van der Waals surface area contributed by atoms with Crippen LogP contribution in [-0.4, -0.2) is 20.5 Å². The molecule has 4 rings (SSSR count). The van der Waals surface area contributed by atoms with Crippen LogP contribution in [0.2, 0.25) is 0 Å². The van der Waals surface area contributed by atoms with Crippen LogP contribution in [0, 0.1) is 11.8 Å². The number of pyridine rings is 1. The summed E-state index contributed by atoms with van der Waals surface area (Å²) < 4.78 is 40.6. The molecule has 4 nitrogen and oxygen atoms in total. The van der Waals surface area contributed by atoms with Gasteiger partial charge in [0.1, 0.15) is 17.2 Å². The van der Waals surface area contributed by atoms with Gasteiger partial charge < -0.3 is 0 Å². The number of hydrogen-bond acceptors (Lipinski definition) is 3. The van der Waals surface area contributed by atoms with Gasteiger partial charge in [-0.25, -0.2) is 4.98 Å². The Hall–Kier alpha value is -2.18. The second kappa shape index (κ2) is 5.41. The van der Waals surface area contributed by atoms with Crippen molar-refractivity contribution in [2.24, 2.45) is 11.8 Å². The lowest BCUT2D eigenvalue weighted by Crippen LogP contribution is -2.09. The minimum Gasteiger partial charge on any atom is -0.300 e. The third-order valence-corrected chi connectivity index (χ3v) is 5.16. The molecule has 25 heavy (non-hydrogen) atoms. The van der Waals surface area contributed by atoms with Crippen molar-refractivity contribution in [2.75, 3.05) is 0 Å². The molecule has 3 atom stereocenters. The maximum absolute atomic E-state index is 12.9. The van der Waals surface area contributed by atoms with Gasteiger partial charge in [-0.1, -0.05) is 6.07 Å². The first-order valence-electron chi connectivity index (χ1n) is 8.41. The lowest BCUT2D eigenvalue weighted by molar-refractivity contribution is -0.141. The van der Waals surface area contributed by atoms with Crippen LogP contribution in [0.3, 0.4) is 0 Å². The first kappa shape index (κ1) is 16.3. The minimum atomic E-state index is -4.48. The molecule has 2 aliphatic rings. The molecule has 0 bridgehead atoms. The van der Waals surface area contributed by atoms with E-state index in [0.717, 1.165) is 11.8 Å². The number of ketones is 1. The van der Waals surface area contributed by atoms with Crippen LogP contribution in [0.25, 0.3) is 11.4 Å². The fraction of sp³-hybridized carbons (Fsp3) is 0.500. The molecule has 0 radical (unpaired) electrons. The van der Waals surface area contributed by atoms with Crippen LogP contribution in [-0.2, 0) is 11.0 Å². The summed E-state index contributed by atoms with van der Waals surface area (Å²) in [5.74, 6) is 1.32. The van der Waals surface area contributed by atoms with E-state index in [0.29, 0.717) is 36.2 Å². The van der Waals surface area contributed by atoms with Gasteiger partial charge in [0.2, 0.25) is 0 Å². The van der Waals surface area contributed by atoms with Gasteiger partial charge in [-0.2, -0.15) is 18.3 Å². The monoisotopic (exact) mass is 349 g/mol. The van der Waals surface area contributed by atoms with E-state index in [-0.39, 0.29) is 17.7 Å². The van der Waals surface area contributed by atoms with E-state index in [4.69, 9.17) is 0 Å². The van der Waals surface area contributed by atoms with E-state index in [1.807, 2.05) is 24.6 Å². The zero-order valence-corrected chi connectivity index (χ0v) is 13.9. The van der Waals surface area contributed by atoms with Gasteiger partial charge in [0.15, 0.2) is 0 Å². The van der Waals surface area contributed by atoms with Gasteiger partial charge in [0.05, 0.1) is 5.69 Å². The minimum absolute atomic E-state index is 0.0894. The Morgan fingerprint density at radius 2 is 1.84 bits per heavy atom. The van der Waals surface area contributed by atoms with Crippen molar-refractivity contribution >= 4 is 5.78 Å². The molecule has 7 heteroatoms. The Morgan fingerprint density at radius 1 is 1.16 bits per heavy atom. The van der Waals surface area contributed by atoms with Gasteiger partial charge in [-0.3, -0.25) is 9.48 Å². The van der Waals surface area contributed by atoms with Crippen molar-refractivity contribution in [3.8, 4) is 11.4 Å². The second-order valence-electron chi connectivity index (χ2n) is 7.20. The standard InChI is InChI=1S/C18H18F3N3O/c1-9(2)24-15(17-11-6-10(25)7-12(11)17)8-14(23-24)13-4-3-5-16(22-13)18(19,20)21/h3-5,8-9,11-12,17H,6-7H2,1-2H3/t11-,12+,17?. The first-order valence-corrected chi connectivity index (χ1v) is 8.41. The Morgan fingerprint density at radius 3 is 2.44 bits per heavy atom. The van der Waals surface area contributed by atoms with Crippen molar-refractivity contribution in [1.82, 2.24) is 14.8 Å². The number of nitrogens with zero attached hydrogens (tertiary/aromatic N) is 3. The molecule has 0 N–H and O–H groups in total. The van der Waals surface area contributed by atoms with E-state index in [1.165, 1.54) is 6.07 Å². The average Bonchev–Trinajstić information content (AvgIpc) is 2.90. The van der Waals surface area contributed by atoms with Gasteiger partial charge in [0, 0.05) is 30.5 Å². The number of aromatic nitrogens is 3. The highest BCUT2D eigenvalue weighted by Crippen LogP contribution is 2.62. The molecule has 0 saturated heterocycles. The zero-order valence-electron chi connectivity index (χ0n) is 13.9. The lowest BCUT2D eigenvalue weighted by atomic mass is 10.1. The largest absolute Gasteiger partial charge is 0.433 e. The van der Waals surface area contributed by atoms with E-state index in [2.05, 4.69) is 10.1 Å². The number of carbonyl (C=O) groups excluding carboxylic acids is 1. The van der Waals surface area contributed by atoms with Crippen molar-refractivity contribution in [1.29, 1.82) is 0 Å². The summed E-state index contributed by atoms with van der Waals surface area (Å²) >= 11 is 0. The second-order valence-corrected chi connectivity index (χ2v) is 7.20. The van der Waals surface area contributed by atoms with Crippen LogP contribution >= 0.6 is 0 Å². The number of Topliss-reactive ketones (excluding diaryl/α,β-unsaturated/α-hetero) is 1. The van der Waals surface area contributed by atoms with E-state index in [1.54, 1.807) is 6.07 Å². The Kier molecular flexibility index (Phi) is 3.53. The molecule has 132 valence electrons. The molecule has 2 heterocycles. The molecule has 2 aromatic heterocycles. The maximum atomic E-state index is 12.9. The number of carbonyl (C=O) groups is 1. The summed E-state index contributed by atoms with van der Waals surface area (Å²) in [7, 11) is 0. The van der Waals surface area contributed by atoms with Crippen molar-refractivity contribution in [3.63, 3.8) is 0 Å². The molecule has 2 aliphatic carbocycles. The number of halogens is 3. The highest BCUT2D eigenvalue weighted by atomic mass is 19.4. The molecule has 2 saturated carbocycles. The summed E-state index contributed by atoms with van der Waals surface area (Å²) in [6.45, 7) is 3.98. The van der Waals surface area contributed by atoms with Crippen LogP contribution in [0.4, 0.5) is 13.2 Å². The molecule has 0 amide bonds. The molecular weight excluding hydrogens is 331 g/mol. The molecule has 1 unspecified atom stereocenters. The summed E-state index contributed by atoms with van der Waals surface area (Å²) in [6, 6.07) is 5.79. The normalized spacial score (nSPS) is 25.5. The van der Waals surface area contributed by atoms with E-state index >= 15 is 0 Å². The quantitative estimate of drug-likeness (QED) is 0.833. The number of alkyl halides is 3. The molecule has 2 aromatic rings. The SMILES string of the molecule is CC(C)n1nc(-c2cccc(C(F)(F)F)n2)cc1C1[C@H]2CC(=O)C[C@@H]12. The fourth-order valence-electron chi connectivity index (χ4n) is 3.98. The smallest absolute Gasteiger partial charge is 0.300 e. The van der Waals surface area contributed by atoms with Gasteiger partial charge in [0.25, 0.3) is 0 Å². The Labute approximate surface area is 143 Å². The van der Waals surface area contributed by atoms with E-state index < -0.39 is 11.9 Å². The number of fused-ring (bicyclic) bond motifs is 1. The van der Waals surface area contributed by atoms with Gasteiger partial charge in [-0.15, -0.1) is 0 Å². The van der Waals surface area contributed by atoms with Crippen LogP contribution in [0.5, 0.6) is 0 Å². The predicted octanol–water partition coefficient (Wildman–Crippen LogP) is 4.24. The van der Waals surface area contributed by atoms with Crippen molar-refractivity contribution in [3.05, 3.63) is 35.7 Å². The summed E-state index contributed by atoms with van der Waals surface area (Å²) in [6.07, 6.45) is -3.27. The highest BCUT2D eigenvalue weighted by molar-refractivity contribution is 5.83. The lowest BCUT2D eigenvalue weighted by Gasteiger charge is -2.11. The van der Waals surface area contributed by atoms with Crippen LogP contribution < -0.4 is 0 Å². The maximum Gasteiger partial charge on any atom is 0.433 e. The van der Waals surface area contributed by atoms with Crippen LogP contribution in [0.15, 0.2) is 24.3 Å². The predicted molar refractivity (Wildman–Crippen MR) is 84.8 cm³/mol. The Balaban J connectivity index is 1.70. The summed E-state index contributed by atoms with van der Waals surface area (Å²) in [5.41, 5.74) is 0.759. The number of rotatable bonds is 3. The molecule has 0 aromatic carbocycles. The third-order valence-electron chi connectivity index (χ3n) is 5.16. The van der Waals surface area contributed by atoms with Crippen molar-refractivity contribution < 1.29 is 18.0 Å². The van der Waals surface area contributed by atoms with Crippen LogP contribution in [0.1, 0.15) is 50.0 Å². The molecule has 2 fully saturated rings. The molecule has 0 aliphatic heterocycles. The summed E-state index contributed by atoms with van der Waals surface area (Å²) in [5, 5.41) is 4.51. The molecular formula is C18H18F3N3O. The average molecular weight is 349 g/mol. The van der Waals surface area contributed by atoms with Gasteiger partial charge in [-0.05, 0) is 43.9 Å². The fourth-order valence-corrected chi connectivity index (χ4v) is 3.98.